The van der Waals surface area contributed by atoms with E-state index in [1.54, 1.807) is 0 Å². The third kappa shape index (κ3) is 3.44. The van der Waals surface area contributed by atoms with Crippen LogP contribution in [0.5, 0.6) is 0 Å². The summed E-state index contributed by atoms with van der Waals surface area (Å²) in [6.07, 6.45) is 5.60. The molecule has 0 bridgehead atoms. The Morgan fingerprint density at radius 1 is 1.35 bits per heavy atom. The van der Waals surface area contributed by atoms with Crippen LogP contribution in [-0.2, 0) is 6.42 Å². The molecular weight excluding hydrogens is 206 g/mol. The first kappa shape index (κ1) is 12.4. The molecule has 0 aliphatic heterocycles. The molecule has 0 radical (unpaired) electrons. The molecule has 0 saturated carbocycles. The van der Waals surface area contributed by atoms with Gasteiger partial charge in [0.05, 0.1) is 0 Å². The number of aryl methyl sites for hydroxylation is 1. The van der Waals surface area contributed by atoms with E-state index in [2.05, 4.69) is 51.1 Å². The second-order valence-corrected chi connectivity index (χ2v) is 6.20. The molecule has 1 heteroatoms. The Labute approximate surface area is 105 Å². The number of hydrogen-bond donors (Lipinski definition) is 1. The Bertz CT molecular complexity index is 429. The summed E-state index contributed by atoms with van der Waals surface area (Å²) in [5.74, 6) is 0. The first-order valence-electron chi connectivity index (χ1n) is 6.45. The maximum atomic E-state index is 6.11. The summed E-state index contributed by atoms with van der Waals surface area (Å²) in [7, 11) is 0. The van der Waals surface area contributed by atoms with Crippen LogP contribution in [-0.4, -0.2) is 6.04 Å². The molecule has 1 nitrogen and oxygen atoms in total. The Kier molecular flexibility index (Phi) is 3.39. The van der Waals surface area contributed by atoms with Crippen LogP contribution >= 0.6 is 0 Å². The van der Waals surface area contributed by atoms with Crippen molar-refractivity contribution >= 4 is 0 Å². The highest BCUT2D eigenvalue weighted by molar-refractivity contribution is 5.28. The summed E-state index contributed by atoms with van der Waals surface area (Å²) >= 11 is 0. The Hall–Kier alpha value is -1.08. The number of nitrogens with two attached hydrogens (primary N) is 1. The van der Waals surface area contributed by atoms with Gasteiger partial charge in [0.15, 0.2) is 0 Å². The van der Waals surface area contributed by atoms with E-state index < -0.39 is 0 Å². The molecule has 0 fully saturated rings. The van der Waals surface area contributed by atoms with Crippen molar-refractivity contribution < 1.29 is 0 Å². The van der Waals surface area contributed by atoms with E-state index in [1.165, 1.54) is 23.1 Å². The quantitative estimate of drug-likeness (QED) is 0.770. The minimum Gasteiger partial charge on any atom is -0.324 e. The lowest BCUT2D eigenvalue weighted by Crippen LogP contribution is -2.31. The molecule has 1 aliphatic carbocycles. The topological polar surface area (TPSA) is 26.0 Å². The average Bonchev–Trinajstić information content (AvgIpc) is 2.13. The maximum Gasteiger partial charge on any atom is 0.0231 e. The smallest absolute Gasteiger partial charge is 0.0231 e. The summed E-state index contributed by atoms with van der Waals surface area (Å²) in [6, 6.07) is 9.00. The van der Waals surface area contributed by atoms with Gasteiger partial charge in [-0.05, 0) is 37.2 Å². The summed E-state index contributed by atoms with van der Waals surface area (Å²) in [6.45, 7) is 6.78. The molecule has 1 atom stereocenters. The molecule has 0 spiro atoms. The van der Waals surface area contributed by atoms with E-state index in [0.29, 0.717) is 5.41 Å². The largest absolute Gasteiger partial charge is 0.324 e. The monoisotopic (exact) mass is 229 g/mol. The fourth-order valence-corrected chi connectivity index (χ4v) is 2.95. The van der Waals surface area contributed by atoms with E-state index in [1.807, 2.05) is 0 Å². The zero-order valence-electron chi connectivity index (χ0n) is 11.2. The van der Waals surface area contributed by atoms with E-state index in [0.717, 1.165) is 12.8 Å². The molecular formula is C16H23N. The van der Waals surface area contributed by atoms with E-state index in [4.69, 9.17) is 5.73 Å². The van der Waals surface area contributed by atoms with Crippen LogP contribution in [0, 0.1) is 12.3 Å². The molecule has 92 valence electrons. The van der Waals surface area contributed by atoms with Crippen molar-refractivity contribution in [3.8, 4) is 0 Å². The summed E-state index contributed by atoms with van der Waals surface area (Å²) < 4.78 is 0. The minimum absolute atomic E-state index is 0.235. The fraction of sp³-hybridized carbons (Fsp3) is 0.500. The van der Waals surface area contributed by atoms with Crippen molar-refractivity contribution in [1.29, 1.82) is 0 Å². The highest BCUT2D eigenvalue weighted by atomic mass is 14.6. The van der Waals surface area contributed by atoms with Crippen LogP contribution in [0.25, 0.3) is 0 Å². The van der Waals surface area contributed by atoms with Crippen LogP contribution in [0.4, 0.5) is 0 Å². The van der Waals surface area contributed by atoms with Crippen LogP contribution in [0.15, 0.2) is 35.9 Å². The summed E-state index contributed by atoms with van der Waals surface area (Å²) in [4.78, 5) is 0. The van der Waals surface area contributed by atoms with Crippen LogP contribution in [0.2, 0.25) is 0 Å². The van der Waals surface area contributed by atoms with Crippen molar-refractivity contribution in [2.24, 2.45) is 11.1 Å². The molecule has 1 aliphatic rings. The molecule has 17 heavy (non-hydrogen) atoms. The predicted octanol–water partition coefficient (Wildman–Crippen LogP) is 3.61. The summed E-state index contributed by atoms with van der Waals surface area (Å²) in [5.41, 5.74) is 10.7. The standard InChI is InChI=1S/C16H23N/c1-12-5-4-6-13(7-12)8-14-9-15(17)11-16(2,3)10-14/h4-7,9,15H,8,10-11,17H2,1-3H3. The van der Waals surface area contributed by atoms with Gasteiger partial charge in [-0.1, -0.05) is 55.3 Å². The van der Waals surface area contributed by atoms with Gasteiger partial charge in [-0.3, -0.25) is 0 Å². The molecule has 0 aromatic heterocycles. The Balaban J connectivity index is 2.14. The molecule has 1 aromatic rings. The number of allylic oxidation sites excluding steroid dienone is 1. The first-order chi connectivity index (χ1) is 7.94. The average molecular weight is 229 g/mol. The molecule has 0 heterocycles. The van der Waals surface area contributed by atoms with Gasteiger partial charge in [0, 0.05) is 6.04 Å². The molecule has 2 rings (SSSR count). The van der Waals surface area contributed by atoms with Crippen LogP contribution in [0.1, 0.15) is 37.8 Å². The van der Waals surface area contributed by atoms with E-state index in [-0.39, 0.29) is 6.04 Å². The second-order valence-electron chi connectivity index (χ2n) is 6.20. The van der Waals surface area contributed by atoms with Gasteiger partial charge >= 0.3 is 0 Å². The second kappa shape index (κ2) is 4.66. The number of benzene rings is 1. The lowest BCUT2D eigenvalue weighted by Gasteiger charge is -2.33. The van der Waals surface area contributed by atoms with Gasteiger partial charge in [-0.15, -0.1) is 0 Å². The van der Waals surface area contributed by atoms with Gasteiger partial charge < -0.3 is 5.73 Å². The van der Waals surface area contributed by atoms with E-state index in [9.17, 15) is 0 Å². The molecule has 2 N–H and O–H groups in total. The summed E-state index contributed by atoms with van der Waals surface area (Å²) in [5, 5.41) is 0. The zero-order valence-corrected chi connectivity index (χ0v) is 11.2. The van der Waals surface area contributed by atoms with Crippen molar-refractivity contribution in [1.82, 2.24) is 0 Å². The molecule has 0 saturated heterocycles. The lowest BCUT2D eigenvalue weighted by molar-refractivity contribution is 0.299. The third-order valence-electron chi connectivity index (χ3n) is 3.46. The van der Waals surface area contributed by atoms with Gasteiger partial charge in [0.1, 0.15) is 0 Å². The highest BCUT2D eigenvalue weighted by Crippen LogP contribution is 2.35. The number of rotatable bonds is 2. The number of hydrogen-bond acceptors (Lipinski definition) is 1. The van der Waals surface area contributed by atoms with Gasteiger partial charge in [0.2, 0.25) is 0 Å². The third-order valence-corrected chi connectivity index (χ3v) is 3.46. The molecule has 1 unspecified atom stereocenters. The first-order valence-corrected chi connectivity index (χ1v) is 6.45. The zero-order chi connectivity index (χ0) is 12.5. The highest BCUT2D eigenvalue weighted by Gasteiger charge is 2.26. The fourth-order valence-electron chi connectivity index (χ4n) is 2.95. The van der Waals surface area contributed by atoms with Crippen molar-refractivity contribution in [3.63, 3.8) is 0 Å². The molecule has 1 aromatic carbocycles. The lowest BCUT2D eigenvalue weighted by atomic mass is 9.74. The Morgan fingerprint density at radius 3 is 2.76 bits per heavy atom. The predicted molar refractivity (Wildman–Crippen MR) is 74.0 cm³/mol. The minimum atomic E-state index is 0.235. The SMILES string of the molecule is Cc1cccc(CC2=CC(N)CC(C)(C)C2)c1. The van der Waals surface area contributed by atoms with Crippen LogP contribution in [0.3, 0.4) is 0 Å². The van der Waals surface area contributed by atoms with Crippen molar-refractivity contribution in [2.75, 3.05) is 0 Å². The van der Waals surface area contributed by atoms with Crippen molar-refractivity contribution in [3.05, 3.63) is 47.0 Å². The van der Waals surface area contributed by atoms with Crippen molar-refractivity contribution in [2.45, 2.75) is 46.1 Å². The molecule has 0 amide bonds. The van der Waals surface area contributed by atoms with Gasteiger partial charge in [-0.2, -0.15) is 0 Å². The van der Waals surface area contributed by atoms with Gasteiger partial charge in [0.25, 0.3) is 0 Å². The van der Waals surface area contributed by atoms with E-state index >= 15 is 0 Å². The maximum absolute atomic E-state index is 6.11. The normalized spacial score (nSPS) is 23.3. The van der Waals surface area contributed by atoms with Crippen LogP contribution < -0.4 is 5.73 Å². The van der Waals surface area contributed by atoms with Gasteiger partial charge in [-0.25, -0.2) is 0 Å². The Morgan fingerprint density at radius 2 is 2.12 bits per heavy atom.